The van der Waals surface area contributed by atoms with Crippen molar-refractivity contribution < 1.29 is 4.79 Å². The van der Waals surface area contributed by atoms with Gasteiger partial charge in [-0.05, 0) is 69.5 Å². The normalized spacial score (nSPS) is 13.7. The third kappa shape index (κ3) is 3.95. The number of hydrogen-bond donors (Lipinski definition) is 1. The average Bonchev–Trinajstić information content (AvgIpc) is 3.19. The lowest BCUT2D eigenvalue weighted by Crippen LogP contribution is -2.22. The van der Waals surface area contributed by atoms with Crippen LogP contribution in [0.1, 0.15) is 42.7 Å². The van der Waals surface area contributed by atoms with Crippen molar-refractivity contribution in [1.82, 2.24) is 10.2 Å². The number of nitrogens with one attached hydrogen (secondary N) is 1. The number of anilines is 3. The molecule has 1 aliphatic heterocycles. The Bertz CT molecular complexity index is 749. The van der Waals surface area contributed by atoms with E-state index >= 15 is 0 Å². The minimum atomic E-state index is -0.232. The second kappa shape index (κ2) is 8.17. The largest absolute Gasteiger partial charge is 0.372 e. The maximum absolute atomic E-state index is 12.5. The molecule has 0 spiro atoms. The first-order valence-electron chi connectivity index (χ1n) is 9.38. The van der Waals surface area contributed by atoms with E-state index in [1.807, 2.05) is 25.1 Å². The van der Waals surface area contributed by atoms with Crippen molar-refractivity contribution in [3.8, 4) is 0 Å². The Labute approximate surface area is 155 Å². The van der Waals surface area contributed by atoms with Crippen LogP contribution in [0, 0.1) is 6.92 Å². The van der Waals surface area contributed by atoms with E-state index in [1.165, 1.54) is 18.5 Å². The van der Waals surface area contributed by atoms with Gasteiger partial charge in [0.2, 0.25) is 0 Å². The fraction of sp³-hybridized carbons (Fsp3) is 0.450. The van der Waals surface area contributed by atoms with Gasteiger partial charge in [0.1, 0.15) is 0 Å². The molecule has 0 aliphatic carbocycles. The van der Waals surface area contributed by atoms with Crippen LogP contribution in [-0.2, 0) is 0 Å². The molecule has 6 heteroatoms. The summed E-state index contributed by atoms with van der Waals surface area (Å²) in [5, 5.41) is 11.3. The quantitative estimate of drug-likeness (QED) is 0.861. The zero-order chi connectivity index (χ0) is 18.5. The number of hydrogen-bond acceptors (Lipinski definition) is 5. The molecule has 1 fully saturated rings. The summed E-state index contributed by atoms with van der Waals surface area (Å²) in [6.07, 6.45) is 2.37. The van der Waals surface area contributed by atoms with Crippen LogP contribution in [0.4, 0.5) is 17.2 Å². The van der Waals surface area contributed by atoms with Crippen LogP contribution in [-0.4, -0.2) is 42.3 Å². The van der Waals surface area contributed by atoms with Crippen LogP contribution < -0.4 is 15.1 Å². The lowest BCUT2D eigenvalue weighted by Gasteiger charge is -2.22. The van der Waals surface area contributed by atoms with Gasteiger partial charge in [-0.2, -0.15) is 0 Å². The Kier molecular flexibility index (Phi) is 5.71. The standard InChI is InChI=1S/C20H27N5O/c1-4-24(5-2)16-8-9-17(15(3)14-16)21-20(26)18-10-11-19(23-22-18)25-12-6-7-13-25/h8-11,14H,4-7,12-13H2,1-3H3,(H,21,26). The highest BCUT2D eigenvalue weighted by Crippen LogP contribution is 2.23. The molecule has 3 rings (SSSR count). The Balaban J connectivity index is 1.69. The van der Waals surface area contributed by atoms with Crippen LogP contribution in [0.3, 0.4) is 0 Å². The molecule has 1 aromatic heterocycles. The van der Waals surface area contributed by atoms with Gasteiger partial charge in [-0.1, -0.05) is 0 Å². The van der Waals surface area contributed by atoms with Gasteiger partial charge in [0.25, 0.3) is 5.91 Å². The van der Waals surface area contributed by atoms with Gasteiger partial charge in [-0.15, -0.1) is 10.2 Å². The van der Waals surface area contributed by atoms with Crippen molar-refractivity contribution in [3.05, 3.63) is 41.6 Å². The fourth-order valence-corrected chi connectivity index (χ4v) is 3.32. The maximum Gasteiger partial charge on any atom is 0.276 e. The molecular formula is C20H27N5O. The number of aryl methyl sites for hydroxylation is 1. The summed E-state index contributed by atoms with van der Waals surface area (Å²) in [7, 11) is 0. The molecule has 0 atom stereocenters. The van der Waals surface area contributed by atoms with Gasteiger partial charge in [0.15, 0.2) is 11.5 Å². The lowest BCUT2D eigenvalue weighted by molar-refractivity contribution is 0.102. The minimum Gasteiger partial charge on any atom is -0.372 e. The summed E-state index contributed by atoms with van der Waals surface area (Å²) in [6, 6.07) is 9.72. The summed E-state index contributed by atoms with van der Waals surface area (Å²) in [5.41, 5.74) is 3.33. The molecule has 2 aromatic rings. The van der Waals surface area contributed by atoms with E-state index in [4.69, 9.17) is 0 Å². The number of benzene rings is 1. The SMILES string of the molecule is CCN(CC)c1ccc(NC(=O)c2ccc(N3CCCC3)nn2)c(C)c1. The van der Waals surface area contributed by atoms with E-state index in [0.717, 1.165) is 43.2 Å². The minimum absolute atomic E-state index is 0.232. The third-order valence-electron chi connectivity index (χ3n) is 4.90. The van der Waals surface area contributed by atoms with Gasteiger partial charge >= 0.3 is 0 Å². The topological polar surface area (TPSA) is 61.4 Å². The molecule has 0 radical (unpaired) electrons. The summed E-state index contributed by atoms with van der Waals surface area (Å²) < 4.78 is 0. The Morgan fingerprint density at radius 1 is 1.12 bits per heavy atom. The highest BCUT2D eigenvalue weighted by Gasteiger charge is 2.16. The van der Waals surface area contributed by atoms with Gasteiger partial charge in [0.05, 0.1) is 0 Å². The van der Waals surface area contributed by atoms with Crippen LogP contribution in [0.2, 0.25) is 0 Å². The number of carbonyl (C=O) groups excluding carboxylic acids is 1. The van der Waals surface area contributed by atoms with Crippen LogP contribution in [0.15, 0.2) is 30.3 Å². The van der Waals surface area contributed by atoms with E-state index in [9.17, 15) is 4.79 Å². The number of aromatic nitrogens is 2. The first kappa shape index (κ1) is 18.2. The van der Waals surface area contributed by atoms with Crippen molar-refractivity contribution >= 4 is 23.1 Å². The van der Waals surface area contributed by atoms with E-state index in [2.05, 4.69) is 45.2 Å². The van der Waals surface area contributed by atoms with Crippen molar-refractivity contribution in [1.29, 1.82) is 0 Å². The highest BCUT2D eigenvalue weighted by molar-refractivity contribution is 6.03. The van der Waals surface area contributed by atoms with Crippen LogP contribution in [0.5, 0.6) is 0 Å². The van der Waals surface area contributed by atoms with Crippen molar-refractivity contribution in [3.63, 3.8) is 0 Å². The first-order valence-corrected chi connectivity index (χ1v) is 9.38. The van der Waals surface area contributed by atoms with Crippen molar-refractivity contribution in [2.24, 2.45) is 0 Å². The third-order valence-corrected chi connectivity index (χ3v) is 4.90. The van der Waals surface area contributed by atoms with E-state index in [0.29, 0.717) is 5.69 Å². The lowest BCUT2D eigenvalue weighted by atomic mass is 10.1. The summed E-state index contributed by atoms with van der Waals surface area (Å²) in [4.78, 5) is 17.0. The Morgan fingerprint density at radius 3 is 2.42 bits per heavy atom. The van der Waals surface area contributed by atoms with Crippen molar-refractivity contribution in [2.75, 3.05) is 41.3 Å². The number of carbonyl (C=O) groups is 1. The zero-order valence-electron chi connectivity index (χ0n) is 15.8. The molecular weight excluding hydrogens is 326 g/mol. The van der Waals surface area contributed by atoms with Gasteiger partial charge in [0, 0.05) is 37.6 Å². The van der Waals surface area contributed by atoms with Crippen LogP contribution in [0.25, 0.3) is 0 Å². The zero-order valence-corrected chi connectivity index (χ0v) is 15.8. The number of amides is 1. The molecule has 1 aromatic carbocycles. The maximum atomic E-state index is 12.5. The molecule has 26 heavy (non-hydrogen) atoms. The summed E-state index contributed by atoms with van der Waals surface area (Å²) >= 11 is 0. The van der Waals surface area contributed by atoms with E-state index in [-0.39, 0.29) is 5.91 Å². The predicted molar refractivity (Wildman–Crippen MR) is 106 cm³/mol. The van der Waals surface area contributed by atoms with Crippen LogP contribution >= 0.6 is 0 Å². The van der Waals surface area contributed by atoms with Gasteiger partial charge in [-0.3, -0.25) is 4.79 Å². The molecule has 1 aliphatic rings. The van der Waals surface area contributed by atoms with Gasteiger partial charge < -0.3 is 15.1 Å². The fourth-order valence-electron chi connectivity index (χ4n) is 3.32. The molecule has 0 saturated carbocycles. The second-order valence-corrected chi connectivity index (χ2v) is 6.60. The number of nitrogens with zero attached hydrogens (tertiary/aromatic N) is 4. The second-order valence-electron chi connectivity index (χ2n) is 6.60. The number of rotatable bonds is 6. The molecule has 6 nitrogen and oxygen atoms in total. The summed E-state index contributed by atoms with van der Waals surface area (Å²) in [6.45, 7) is 10.2. The predicted octanol–water partition coefficient (Wildman–Crippen LogP) is 3.48. The molecule has 0 unspecified atom stereocenters. The first-order chi connectivity index (χ1) is 12.6. The molecule has 1 amide bonds. The molecule has 1 N–H and O–H groups in total. The Morgan fingerprint density at radius 2 is 1.85 bits per heavy atom. The molecule has 2 heterocycles. The summed E-state index contributed by atoms with van der Waals surface area (Å²) in [5.74, 6) is 0.614. The highest BCUT2D eigenvalue weighted by atomic mass is 16.1. The van der Waals surface area contributed by atoms with Gasteiger partial charge in [-0.25, -0.2) is 0 Å². The van der Waals surface area contributed by atoms with E-state index < -0.39 is 0 Å². The smallest absolute Gasteiger partial charge is 0.276 e. The van der Waals surface area contributed by atoms with Crippen molar-refractivity contribution in [2.45, 2.75) is 33.6 Å². The monoisotopic (exact) mass is 353 g/mol. The average molecular weight is 353 g/mol. The Hall–Kier alpha value is -2.63. The molecule has 0 bridgehead atoms. The molecule has 138 valence electrons. The molecule has 1 saturated heterocycles. The van der Waals surface area contributed by atoms with E-state index in [1.54, 1.807) is 6.07 Å².